The maximum Gasteiger partial charge on any atom is 0.201 e. The van der Waals surface area contributed by atoms with Crippen LogP contribution in [0.2, 0.25) is 5.02 Å². The molecule has 0 spiro atoms. The van der Waals surface area contributed by atoms with Gasteiger partial charge in [-0.15, -0.1) is 0 Å². The quantitative estimate of drug-likeness (QED) is 0.869. The molecule has 0 aliphatic heterocycles. The van der Waals surface area contributed by atoms with E-state index in [2.05, 4.69) is 0 Å². The Morgan fingerprint density at radius 2 is 1.90 bits per heavy atom. The molecule has 21 heavy (non-hydrogen) atoms. The van der Waals surface area contributed by atoms with Crippen LogP contribution < -0.4 is 10.5 Å². The fourth-order valence-electron chi connectivity index (χ4n) is 1.93. The van der Waals surface area contributed by atoms with Gasteiger partial charge in [0.05, 0.1) is 5.02 Å². The molecule has 2 aromatic rings. The third-order valence-electron chi connectivity index (χ3n) is 3.18. The van der Waals surface area contributed by atoms with Crippen LogP contribution in [0.3, 0.4) is 0 Å². The maximum atomic E-state index is 13.7. The second-order valence-corrected chi connectivity index (χ2v) is 5.16. The van der Waals surface area contributed by atoms with Crippen molar-refractivity contribution in [1.82, 2.24) is 0 Å². The van der Waals surface area contributed by atoms with Gasteiger partial charge in [0.1, 0.15) is 5.75 Å². The number of rotatable bonds is 5. The van der Waals surface area contributed by atoms with Gasteiger partial charge in [0.25, 0.3) is 0 Å². The highest BCUT2D eigenvalue weighted by molar-refractivity contribution is 6.32. The van der Waals surface area contributed by atoms with E-state index in [1.54, 1.807) is 12.1 Å². The summed E-state index contributed by atoms with van der Waals surface area (Å²) >= 11 is 6.12. The molecule has 0 radical (unpaired) electrons. The topological polar surface area (TPSA) is 35.2 Å². The predicted octanol–water partition coefficient (Wildman–Crippen LogP) is 4.69. The highest BCUT2D eigenvalue weighted by Gasteiger charge is 2.15. The normalized spacial score (nSPS) is 12.2. The molecule has 2 nitrogen and oxygen atoms in total. The first-order chi connectivity index (χ1) is 10.0. The minimum absolute atomic E-state index is 0.0526. The Balaban J connectivity index is 2.36. The lowest BCUT2D eigenvalue weighted by molar-refractivity contribution is 0.412. The van der Waals surface area contributed by atoms with Crippen LogP contribution in [0.4, 0.5) is 8.78 Å². The van der Waals surface area contributed by atoms with E-state index in [4.69, 9.17) is 22.1 Å². The molecule has 0 aliphatic carbocycles. The Morgan fingerprint density at radius 3 is 2.62 bits per heavy atom. The zero-order valence-corrected chi connectivity index (χ0v) is 12.3. The van der Waals surface area contributed by atoms with Gasteiger partial charge in [-0.2, -0.15) is 4.39 Å². The summed E-state index contributed by atoms with van der Waals surface area (Å²) < 4.78 is 32.4. The molecule has 0 amide bonds. The van der Waals surface area contributed by atoms with Crippen molar-refractivity contribution >= 4 is 11.6 Å². The van der Waals surface area contributed by atoms with E-state index in [0.29, 0.717) is 17.2 Å². The number of halogens is 3. The Bertz CT molecular complexity index is 634. The van der Waals surface area contributed by atoms with Crippen LogP contribution in [0.25, 0.3) is 0 Å². The summed E-state index contributed by atoms with van der Waals surface area (Å²) in [5.41, 5.74) is 6.70. The molecule has 0 heterocycles. The van der Waals surface area contributed by atoms with Gasteiger partial charge in [-0.05, 0) is 36.6 Å². The molecule has 0 bridgehead atoms. The maximum absolute atomic E-state index is 13.7. The second kappa shape index (κ2) is 6.87. The predicted molar refractivity (Wildman–Crippen MR) is 79.9 cm³/mol. The van der Waals surface area contributed by atoms with E-state index in [1.807, 2.05) is 13.0 Å². The van der Waals surface area contributed by atoms with E-state index in [1.165, 1.54) is 12.1 Å². The van der Waals surface area contributed by atoms with Gasteiger partial charge in [0, 0.05) is 6.04 Å². The lowest BCUT2D eigenvalue weighted by atomic mass is 10.0. The van der Waals surface area contributed by atoms with Crippen LogP contribution in [-0.4, -0.2) is 6.04 Å². The van der Waals surface area contributed by atoms with Gasteiger partial charge in [-0.3, -0.25) is 0 Å². The molecule has 5 heteroatoms. The van der Waals surface area contributed by atoms with Gasteiger partial charge in [0.15, 0.2) is 11.6 Å². The number of para-hydroxylation sites is 1. The fourth-order valence-corrected chi connectivity index (χ4v) is 2.16. The summed E-state index contributed by atoms with van der Waals surface area (Å²) in [5.74, 6) is -1.89. The molecule has 1 unspecified atom stereocenters. The van der Waals surface area contributed by atoms with Gasteiger partial charge < -0.3 is 10.5 Å². The first-order valence-electron chi connectivity index (χ1n) is 6.67. The van der Waals surface area contributed by atoms with Crippen molar-refractivity contribution in [3.8, 4) is 11.5 Å². The number of benzene rings is 2. The molecule has 0 saturated heterocycles. The molecule has 0 aromatic heterocycles. The summed E-state index contributed by atoms with van der Waals surface area (Å²) in [6, 6.07) is 8.93. The van der Waals surface area contributed by atoms with Gasteiger partial charge in [-0.1, -0.05) is 36.7 Å². The number of hydrogen-bond donors (Lipinski definition) is 1. The van der Waals surface area contributed by atoms with Crippen molar-refractivity contribution in [3.63, 3.8) is 0 Å². The van der Waals surface area contributed by atoms with E-state index >= 15 is 0 Å². The molecular weight excluding hydrogens is 296 g/mol. The standard InChI is InChI=1S/C16H16ClF2NO/c1-2-11(20)9-10-5-3-6-12(17)16(10)21-14-8-4-7-13(18)15(14)19/h3-8,11H,2,9,20H2,1H3. The summed E-state index contributed by atoms with van der Waals surface area (Å²) in [4.78, 5) is 0. The van der Waals surface area contributed by atoms with Crippen LogP contribution in [0.5, 0.6) is 11.5 Å². The third kappa shape index (κ3) is 3.71. The second-order valence-electron chi connectivity index (χ2n) is 4.75. The lowest BCUT2D eigenvalue weighted by Crippen LogP contribution is -2.21. The van der Waals surface area contributed by atoms with Crippen LogP contribution in [0.1, 0.15) is 18.9 Å². The number of nitrogens with two attached hydrogens (primary N) is 1. The van der Waals surface area contributed by atoms with Crippen molar-refractivity contribution in [3.05, 3.63) is 58.6 Å². The van der Waals surface area contributed by atoms with Crippen molar-refractivity contribution in [1.29, 1.82) is 0 Å². The fraction of sp³-hybridized carbons (Fsp3) is 0.250. The molecule has 2 rings (SSSR count). The van der Waals surface area contributed by atoms with Crippen LogP contribution in [0, 0.1) is 11.6 Å². The Hall–Kier alpha value is -1.65. The minimum atomic E-state index is -1.04. The van der Waals surface area contributed by atoms with Gasteiger partial charge in [0.2, 0.25) is 5.82 Å². The highest BCUT2D eigenvalue weighted by Crippen LogP contribution is 2.35. The molecule has 2 N–H and O–H groups in total. The Kier molecular flexibility index (Phi) is 5.15. The average Bonchev–Trinajstić information content (AvgIpc) is 2.47. The molecular formula is C16H16ClF2NO. The molecule has 112 valence electrons. The zero-order chi connectivity index (χ0) is 15.4. The SMILES string of the molecule is CCC(N)Cc1cccc(Cl)c1Oc1cccc(F)c1F. The molecule has 0 fully saturated rings. The number of ether oxygens (including phenoxy) is 1. The minimum Gasteiger partial charge on any atom is -0.452 e. The first-order valence-corrected chi connectivity index (χ1v) is 7.05. The highest BCUT2D eigenvalue weighted by atomic mass is 35.5. The Morgan fingerprint density at radius 1 is 1.19 bits per heavy atom. The van der Waals surface area contributed by atoms with Crippen molar-refractivity contribution in [2.45, 2.75) is 25.8 Å². The summed E-state index contributed by atoms with van der Waals surface area (Å²) in [6.07, 6.45) is 1.34. The molecule has 0 saturated carbocycles. The van der Waals surface area contributed by atoms with E-state index in [0.717, 1.165) is 18.1 Å². The molecule has 2 aromatic carbocycles. The van der Waals surface area contributed by atoms with E-state index < -0.39 is 11.6 Å². The van der Waals surface area contributed by atoms with Crippen molar-refractivity contribution in [2.75, 3.05) is 0 Å². The van der Waals surface area contributed by atoms with Gasteiger partial charge in [-0.25, -0.2) is 4.39 Å². The smallest absolute Gasteiger partial charge is 0.201 e. The van der Waals surface area contributed by atoms with E-state index in [9.17, 15) is 8.78 Å². The number of hydrogen-bond acceptors (Lipinski definition) is 2. The summed E-state index contributed by atoms with van der Waals surface area (Å²) in [5, 5.41) is 0.333. The van der Waals surface area contributed by atoms with Crippen LogP contribution in [-0.2, 0) is 6.42 Å². The zero-order valence-electron chi connectivity index (χ0n) is 11.6. The van der Waals surface area contributed by atoms with Gasteiger partial charge >= 0.3 is 0 Å². The average molecular weight is 312 g/mol. The summed E-state index contributed by atoms with van der Waals surface area (Å²) in [6.45, 7) is 1.97. The third-order valence-corrected chi connectivity index (χ3v) is 3.48. The van der Waals surface area contributed by atoms with Crippen LogP contribution >= 0.6 is 11.6 Å². The van der Waals surface area contributed by atoms with Crippen LogP contribution in [0.15, 0.2) is 36.4 Å². The monoisotopic (exact) mass is 311 g/mol. The largest absolute Gasteiger partial charge is 0.452 e. The lowest BCUT2D eigenvalue weighted by Gasteiger charge is -2.16. The van der Waals surface area contributed by atoms with E-state index in [-0.39, 0.29) is 11.8 Å². The first kappa shape index (κ1) is 15.7. The van der Waals surface area contributed by atoms with Crippen molar-refractivity contribution < 1.29 is 13.5 Å². The molecule has 1 atom stereocenters. The summed E-state index contributed by atoms with van der Waals surface area (Å²) in [7, 11) is 0. The molecule has 0 aliphatic rings. The van der Waals surface area contributed by atoms with Crippen molar-refractivity contribution in [2.24, 2.45) is 5.73 Å². The Labute approximate surface area is 127 Å².